The minimum absolute atomic E-state index is 0.187. The fourth-order valence-electron chi connectivity index (χ4n) is 1.46. The Labute approximate surface area is 80.8 Å². The van der Waals surface area contributed by atoms with E-state index in [0.717, 1.165) is 11.1 Å². The number of H-pyrrole nitrogens is 2. The lowest BCUT2D eigenvalue weighted by Gasteiger charge is -1.99. The molecule has 2 aromatic rings. The first-order valence-corrected chi connectivity index (χ1v) is 4.31. The maximum absolute atomic E-state index is 11.4. The fraction of sp³-hybridized carbons (Fsp3) is 0.100. The molecule has 4 nitrogen and oxygen atoms in total. The zero-order chi connectivity index (χ0) is 10.1. The van der Waals surface area contributed by atoms with E-state index in [1.54, 1.807) is 0 Å². The molecule has 0 amide bonds. The van der Waals surface area contributed by atoms with Gasteiger partial charge in [-0.25, -0.2) is 0 Å². The standard InChI is InChI=1S/C10H11N3O/c1-6-3-2-4-7(5-6)8-9(11)12-13-10(8)14/h2-5H,1H3,(H4,11,12,13,14). The molecule has 1 aromatic carbocycles. The number of benzene rings is 1. The second-order valence-electron chi connectivity index (χ2n) is 3.24. The Bertz CT molecular complexity index is 510. The summed E-state index contributed by atoms with van der Waals surface area (Å²) in [5, 5.41) is 5.04. The van der Waals surface area contributed by atoms with E-state index in [0.29, 0.717) is 11.4 Å². The third-order valence-electron chi connectivity index (χ3n) is 2.11. The van der Waals surface area contributed by atoms with Crippen molar-refractivity contribution in [3.63, 3.8) is 0 Å². The Kier molecular flexibility index (Phi) is 1.89. The number of nitrogens with two attached hydrogens (primary N) is 1. The summed E-state index contributed by atoms with van der Waals surface area (Å²) in [5.74, 6) is 0.376. The summed E-state index contributed by atoms with van der Waals surface area (Å²) in [7, 11) is 0. The minimum atomic E-state index is -0.187. The van der Waals surface area contributed by atoms with Crippen molar-refractivity contribution in [3.05, 3.63) is 40.2 Å². The lowest BCUT2D eigenvalue weighted by Crippen LogP contribution is -2.02. The van der Waals surface area contributed by atoms with Gasteiger partial charge < -0.3 is 5.73 Å². The predicted octanol–water partition coefficient (Wildman–Crippen LogP) is 1.26. The fourth-order valence-corrected chi connectivity index (χ4v) is 1.46. The van der Waals surface area contributed by atoms with Crippen LogP contribution in [-0.4, -0.2) is 10.2 Å². The number of nitrogens with one attached hydrogen (secondary N) is 2. The Balaban J connectivity index is 2.66. The second kappa shape index (κ2) is 3.06. The topological polar surface area (TPSA) is 74.7 Å². The van der Waals surface area contributed by atoms with E-state index in [2.05, 4.69) is 10.2 Å². The lowest BCUT2D eigenvalue weighted by atomic mass is 10.1. The Hall–Kier alpha value is -1.97. The Morgan fingerprint density at radius 3 is 2.64 bits per heavy atom. The van der Waals surface area contributed by atoms with Crippen LogP contribution in [0.4, 0.5) is 5.82 Å². The highest BCUT2D eigenvalue weighted by atomic mass is 16.1. The largest absolute Gasteiger partial charge is 0.383 e. The van der Waals surface area contributed by atoms with E-state index in [1.807, 2.05) is 31.2 Å². The summed E-state index contributed by atoms with van der Waals surface area (Å²) in [6.45, 7) is 1.97. The van der Waals surface area contributed by atoms with Crippen molar-refractivity contribution < 1.29 is 0 Å². The van der Waals surface area contributed by atoms with Gasteiger partial charge in [0.15, 0.2) is 0 Å². The van der Waals surface area contributed by atoms with Gasteiger partial charge in [0.25, 0.3) is 5.56 Å². The van der Waals surface area contributed by atoms with Crippen molar-refractivity contribution in [2.75, 3.05) is 5.73 Å². The van der Waals surface area contributed by atoms with Gasteiger partial charge in [-0.2, -0.15) is 0 Å². The Morgan fingerprint density at radius 1 is 1.29 bits per heavy atom. The average molecular weight is 189 g/mol. The van der Waals surface area contributed by atoms with E-state index in [-0.39, 0.29) is 5.56 Å². The highest BCUT2D eigenvalue weighted by Crippen LogP contribution is 2.20. The van der Waals surface area contributed by atoms with Crippen molar-refractivity contribution in [1.29, 1.82) is 0 Å². The van der Waals surface area contributed by atoms with Crippen LogP contribution in [0, 0.1) is 6.92 Å². The molecule has 0 spiro atoms. The molecule has 0 saturated carbocycles. The van der Waals surface area contributed by atoms with Gasteiger partial charge >= 0.3 is 0 Å². The molecule has 2 rings (SSSR count). The smallest absolute Gasteiger partial charge is 0.273 e. The molecule has 1 heterocycles. The van der Waals surface area contributed by atoms with Crippen molar-refractivity contribution in [1.82, 2.24) is 10.2 Å². The lowest BCUT2D eigenvalue weighted by molar-refractivity contribution is 1.06. The van der Waals surface area contributed by atoms with E-state index in [1.165, 1.54) is 0 Å². The number of aromatic nitrogens is 2. The Morgan fingerprint density at radius 2 is 2.07 bits per heavy atom. The highest BCUT2D eigenvalue weighted by Gasteiger charge is 2.08. The van der Waals surface area contributed by atoms with Crippen LogP contribution in [0.5, 0.6) is 0 Å². The first-order valence-electron chi connectivity index (χ1n) is 4.31. The summed E-state index contributed by atoms with van der Waals surface area (Å²) in [5.41, 5.74) is 7.90. The van der Waals surface area contributed by atoms with Gasteiger partial charge in [-0.3, -0.25) is 15.0 Å². The van der Waals surface area contributed by atoms with Gasteiger partial charge in [-0.1, -0.05) is 29.8 Å². The third-order valence-corrected chi connectivity index (χ3v) is 2.11. The number of nitrogen functional groups attached to an aromatic ring is 1. The van der Waals surface area contributed by atoms with E-state index < -0.39 is 0 Å². The van der Waals surface area contributed by atoms with Gasteiger partial charge in [-0.15, -0.1) is 0 Å². The van der Waals surface area contributed by atoms with Crippen LogP contribution in [0.15, 0.2) is 29.1 Å². The van der Waals surface area contributed by atoms with Crippen LogP contribution in [-0.2, 0) is 0 Å². The highest BCUT2D eigenvalue weighted by molar-refractivity contribution is 5.73. The van der Waals surface area contributed by atoms with Gasteiger partial charge in [-0.05, 0) is 12.5 Å². The molecule has 0 fully saturated rings. The molecule has 0 aliphatic rings. The second-order valence-corrected chi connectivity index (χ2v) is 3.24. The first-order chi connectivity index (χ1) is 6.68. The number of hydrogen-bond donors (Lipinski definition) is 3. The maximum atomic E-state index is 11.4. The zero-order valence-corrected chi connectivity index (χ0v) is 7.79. The summed E-state index contributed by atoms with van der Waals surface area (Å²) in [6.07, 6.45) is 0. The quantitative estimate of drug-likeness (QED) is 0.631. The summed E-state index contributed by atoms with van der Waals surface area (Å²) < 4.78 is 0. The van der Waals surface area contributed by atoms with E-state index in [9.17, 15) is 4.79 Å². The van der Waals surface area contributed by atoms with Crippen molar-refractivity contribution >= 4 is 5.82 Å². The summed E-state index contributed by atoms with van der Waals surface area (Å²) >= 11 is 0. The van der Waals surface area contributed by atoms with Gasteiger partial charge in [0.2, 0.25) is 0 Å². The van der Waals surface area contributed by atoms with E-state index >= 15 is 0 Å². The number of aryl methyl sites for hydroxylation is 1. The normalized spacial score (nSPS) is 10.4. The molecule has 0 saturated heterocycles. The zero-order valence-electron chi connectivity index (χ0n) is 7.79. The molecular weight excluding hydrogens is 178 g/mol. The van der Waals surface area contributed by atoms with Crippen LogP contribution in [0.3, 0.4) is 0 Å². The molecule has 4 N–H and O–H groups in total. The minimum Gasteiger partial charge on any atom is -0.383 e. The average Bonchev–Trinajstić information content (AvgIpc) is 2.46. The summed E-state index contributed by atoms with van der Waals surface area (Å²) in [6, 6.07) is 7.66. The molecule has 14 heavy (non-hydrogen) atoms. The molecule has 72 valence electrons. The van der Waals surface area contributed by atoms with Crippen molar-refractivity contribution in [2.24, 2.45) is 0 Å². The van der Waals surface area contributed by atoms with E-state index in [4.69, 9.17) is 5.73 Å². The number of aromatic amines is 2. The number of hydrogen-bond acceptors (Lipinski definition) is 2. The molecule has 0 radical (unpaired) electrons. The van der Waals surface area contributed by atoms with Crippen LogP contribution in [0.2, 0.25) is 0 Å². The van der Waals surface area contributed by atoms with Gasteiger partial charge in [0.05, 0.1) is 5.56 Å². The third kappa shape index (κ3) is 1.31. The van der Waals surface area contributed by atoms with Crippen LogP contribution >= 0.6 is 0 Å². The summed E-state index contributed by atoms with van der Waals surface area (Å²) in [4.78, 5) is 11.4. The first kappa shape index (κ1) is 8.62. The molecule has 4 heteroatoms. The molecule has 0 bridgehead atoms. The number of anilines is 1. The monoisotopic (exact) mass is 189 g/mol. The number of rotatable bonds is 1. The van der Waals surface area contributed by atoms with Gasteiger partial charge in [0.1, 0.15) is 5.82 Å². The van der Waals surface area contributed by atoms with Crippen LogP contribution < -0.4 is 11.3 Å². The van der Waals surface area contributed by atoms with Gasteiger partial charge in [0, 0.05) is 0 Å². The van der Waals surface area contributed by atoms with Crippen LogP contribution in [0.1, 0.15) is 5.56 Å². The molecule has 0 atom stereocenters. The molecule has 0 unspecified atom stereocenters. The predicted molar refractivity (Wildman–Crippen MR) is 56.0 cm³/mol. The van der Waals surface area contributed by atoms with Crippen LogP contribution in [0.25, 0.3) is 11.1 Å². The molecular formula is C10H11N3O. The SMILES string of the molecule is Cc1cccc(-c2c(N)[nH][nH]c2=O)c1. The molecule has 1 aromatic heterocycles. The molecule has 0 aliphatic carbocycles. The van der Waals surface area contributed by atoms with Crippen molar-refractivity contribution in [2.45, 2.75) is 6.92 Å². The maximum Gasteiger partial charge on any atom is 0.273 e. The molecule has 0 aliphatic heterocycles. The van der Waals surface area contributed by atoms with Crippen molar-refractivity contribution in [3.8, 4) is 11.1 Å².